The minimum atomic E-state index is -0.414. The van der Waals surface area contributed by atoms with E-state index >= 15 is 0 Å². The molecule has 1 aliphatic rings. The number of aromatic nitrogens is 4. The average molecular weight is 438 g/mol. The molecule has 0 amide bonds. The van der Waals surface area contributed by atoms with E-state index in [0.29, 0.717) is 34.7 Å². The highest BCUT2D eigenvalue weighted by Crippen LogP contribution is 2.36. The van der Waals surface area contributed by atoms with E-state index in [1.807, 2.05) is 38.1 Å². The molecular weight excluding hydrogens is 416 g/mol. The SMILES string of the molecule is Cc1ccc2c(c1)[C@@H](C)Oc1cc(cnc1N)-c1c(nn(C)c1C#N)Cc1cccc(=O)n1-2. The van der Waals surface area contributed by atoms with Crippen molar-refractivity contribution in [3.05, 3.63) is 87.2 Å². The number of nitrogens with two attached hydrogens (primary N) is 1. The van der Waals surface area contributed by atoms with Gasteiger partial charge >= 0.3 is 0 Å². The molecule has 3 aromatic heterocycles. The van der Waals surface area contributed by atoms with Gasteiger partial charge in [-0.2, -0.15) is 10.4 Å². The molecular formula is C25H22N6O2. The molecule has 0 unspecified atom stereocenters. The average Bonchev–Trinajstić information content (AvgIpc) is 3.09. The quantitative estimate of drug-likeness (QED) is 0.450. The fourth-order valence-electron chi connectivity index (χ4n) is 4.39. The number of anilines is 1. The molecule has 33 heavy (non-hydrogen) atoms. The first-order chi connectivity index (χ1) is 15.9. The first kappa shape index (κ1) is 20.5. The molecule has 4 heterocycles. The molecule has 5 rings (SSSR count). The summed E-state index contributed by atoms with van der Waals surface area (Å²) in [6.45, 7) is 3.91. The molecule has 0 spiro atoms. The summed E-state index contributed by atoms with van der Waals surface area (Å²) in [7, 11) is 1.73. The molecule has 164 valence electrons. The summed E-state index contributed by atoms with van der Waals surface area (Å²) in [6.07, 6.45) is 1.56. The van der Waals surface area contributed by atoms with Crippen LogP contribution in [0.4, 0.5) is 5.82 Å². The van der Waals surface area contributed by atoms with Gasteiger partial charge in [0.15, 0.2) is 11.6 Å². The molecule has 8 nitrogen and oxygen atoms in total. The second-order valence-corrected chi connectivity index (χ2v) is 8.20. The second kappa shape index (κ2) is 7.64. The second-order valence-electron chi connectivity index (χ2n) is 8.20. The summed E-state index contributed by atoms with van der Waals surface area (Å²) in [5.41, 5.74) is 11.8. The molecule has 0 radical (unpaired) electrons. The van der Waals surface area contributed by atoms with Gasteiger partial charge in [0.2, 0.25) is 0 Å². The van der Waals surface area contributed by atoms with Gasteiger partial charge in [0.05, 0.1) is 11.4 Å². The first-order valence-electron chi connectivity index (χ1n) is 10.6. The van der Waals surface area contributed by atoms with Crippen LogP contribution < -0.4 is 16.0 Å². The van der Waals surface area contributed by atoms with Gasteiger partial charge in [0.1, 0.15) is 17.9 Å². The number of hydrogen-bond donors (Lipinski definition) is 1. The Bertz CT molecular complexity index is 1510. The van der Waals surface area contributed by atoms with E-state index in [1.54, 1.807) is 34.6 Å². The van der Waals surface area contributed by atoms with E-state index in [4.69, 9.17) is 10.5 Å². The third kappa shape index (κ3) is 3.34. The number of hydrogen-bond acceptors (Lipinski definition) is 6. The molecule has 2 bridgehead atoms. The number of aryl methyl sites for hydroxylation is 2. The largest absolute Gasteiger partial charge is 0.482 e. The number of rotatable bonds is 0. The van der Waals surface area contributed by atoms with Crippen molar-refractivity contribution in [2.75, 3.05) is 5.73 Å². The molecule has 1 aromatic carbocycles. The molecule has 0 saturated carbocycles. The summed E-state index contributed by atoms with van der Waals surface area (Å²) in [5, 5.41) is 14.5. The van der Waals surface area contributed by atoms with E-state index < -0.39 is 6.10 Å². The first-order valence-corrected chi connectivity index (χ1v) is 10.6. The topological polar surface area (TPSA) is 112 Å². The Kier molecular flexibility index (Phi) is 4.75. The van der Waals surface area contributed by atoms with Crippen LogP contribution >= 0.6 is 0 Å². The van der Waals surface area contributed by atoms with Gasteiger partial charge in [-0.25, -0.2) is 4.98 Å². The Morgan fingerprint density at radius 2 is 2.06 bits per heavy atom. The molecule has 0 fully saturated rings. The predicted octanol–water partition coefficient (Wildman–Crippen LogP) is 3.44. The fraction of sp³-hybridized carbons (Fsp3) is 0.200. The highest BCUT2D eigenvalue weighted by Gasteiger charge is 2.24. The number of benzene rings is 1. The van der Waals surface area contributed by atoms with Crippen LogP contribution in [0.25, 0.3) is 16.8 Å². The lowest BCUT2D eigenvalue weighted by molar-refractivity contribution is 0.227. The summed E-state index contributed by atoms with van der Waals surface area (Å²) in [4.78, 5) is 17.4. The third-order valence-electron chi connectivity index (χ3n) is 5.95. The van der Waals surface area contributed by atoms with Crippen molar-refractivity contribution in [2.45, 2.75) is 26.4 Å². The molecule has 2 N–H and O–H groups in total. The van der Waals surface area contributed by atoms with Crippen LogP contribution in [0.2, 0.25) is 0 Å². The lowest BCUT2D eigenvalue weighted by Crippen LogP contribution is -2.23. The van der Waals surface area contributed by atoms with Crippen molar-refractivity contribution in [3.63, 3.8) is 0 Å². The summed E-state index contributed by atoms with van der Waals surface area (Å²) in [5.74, 6) is 0.658. The minimum absolute atomic E-state index is 0.153. The maximum atomic E-state index is 13.1. The Morgan fingerprint density at radius 3 is 2.85 bits per heavy atom. The summed E-state index contributed by atoms with van der Waals surface area (Å²) >= 11 is 0. The van der Waals surface area contributed by atoms with Gasteiger partial charge in [-0.1, -0.05) is 23.8 Å². The van der Waals surface area contributed by atoms with E-state index in [1.165, 1.54) is 6.07 Å². The zero-order valence-electron chi connectivity index (χ0n) is 18.5. The van der Waals surface area contributed by atoms with Crippen LogP contribution in [0.15, 0.2) is 53.5 Å². The number of ether oxygens (including phenoxy) is 1. The zero-order valence-corrected chi connectivity index (χ0v) is 18.5. The van der Waals surface area contributed by atoms with E-state index in [2.05, 4.69) is 16.2 Å². The van der Waals surface area contributed by atoms with E-state index in [0.717, 1.165) is 22.5 Å². The van der Waals surface area contributed by atoms with Gasteiger partial charge in [0.25, 0.3) is 5.56 Å². The fourth-order valence-corrected chi connectivity index (χ4v) is 4.39. The lowest BCUT2D eigenvalue weighted by atomic mass is 10.00. The van der Waals surface area contributed by atoms with Crippen molar-refractivity contribution in [3.8, 4) is 28.6 Å². The number of nitriles is 1. The van der Waals surface area contributed by atoms with Crippen LogP contribution in [0.5, 0.6) is 5.75 Å². The van der Waals surface area contributed by atoms with E-state index in [9.17, 15) is 10.1 Å². The van der Waals surface area contributed by atoms with Gasteiger partial charge in [-0.05, 0) is 32.0 Å². The Balaban J connectivity index is 1.88. The van der Waals surface area contributed by atoms with Crippen molar-refractivity contribution >= 4 is 5.82 Å². The van der Waals surface area contributed by atoms with Crippen molar-refractivity contribution < 1.29 is 4.74 Å². The molecule has 1 atom stereocenters. The Morgan fingerprint density at radius 1 is 1.24 bits per heavy atom. The number of nitrogen functional groups attached to an aromatic ring is 1. The highest BCUT2D eigenvalue weighted by atomic mass is 16.5. The smallest absolute Gasteiger partial charge is 0.255 e. The molecule has 0 aliphatic carbocycles. The van der Waals surface area contributed by atoms with Crippen LogP contribution in [0, 0.1) is 18.3 Å². The maximum Gasteiger partial charge on any atom is 0.255 e. The van der Waals surface area contributed by atoms with Crippen molar-refractivity contribution in [1.82, 2.24) is 19.3 Å². The lowest BCUT2D eigenvalue weighted by Gasteiger charge is -2.23. The Hall–Kier alpha value is -4.38. The predicted molar refractivity (Wildman–Crippen MR) is 124 cm³/mol. The van der Waals surface area contributed by atoms with Crippen LogP contribution in [0.3, 0.4) is 0 Å². The minimum Gasteiger partial charge on any atom is -0.482 e. The number of nitrogens with zero attached hydrogens (tertiary/aromatic N) is 5. The normalized spacial score (nSPS) is 14.5. The molecule has 4 aromatic rings. The van der Waals surface area contributed by atoms with Gasteiger partial charge < -0.3 is 10.5 Å². The Labute approximate surface area is 190 Å². The van der Waals surface area contributed by atoms with Gasteiger partial charge in [-0.3, -0.25) is 14.0 Å². The van der Waals surface area contributed by atoms with Crippen molar-refractivity contribution in [1.29, 1.82) is 5.26 Å². The van der Waals surface area contributed by atoms with Crippen LogP contribution in [-0.4, -0.2) is 19.3 Å². The van der Waals surface area contributed by atoms with Crippen LogP contribution in [0.1, 0.15) is 41.2 Å². The maximum absolute atomic E-state index is 13.1. The summed E-state index contributed by atoms with van der Waals surface area (Å²) in [6, 6.07) is 15.1. The number of pyridine rings is 2. The zero-order chi connectivity index (χ0) is 23.3. The van der Waals surface area contributed by atoms with Crippen molar-refractivity contribution in [2.24, 2.45) is 7.05 Å². The van der Waals surface area contributed by atoms with Crippen LogP contribution in [-0.2, 0) is 13.5 Å². The molecule has 8 heteroatoms. The van der Waals surface area contributed by atoms with E-state index in [-0.39, 0.29) is 11.4 Å². The molecule has 0 saturated heterocycles. The van der Waals surface area contributed by atoms with Gasteiger partial charge in [0, 0.05) is 48.1 Å². The standard InChI is InChI=1S/C25H22N6O2/c1-14-7-8-20-18(9-14)15(2)33-22-10-16(13-28-25(22)27)24-19(29-30(3)21(24)12-26)11-17-5-4-6-23(32)31(17)20/h4-10,13,15H,11H2,1-3H3,(H2,27,28)/t15-/m1/s1. The monoisotopic (exact) mass is 438 g/mol. The third-order valence-corrected chi connectivity index (χ3v) is 5.95. The summed E-state index contributed by atoms with van der Waals surface area (Å²) < 4.78 is 9.52. The number of fused-ring (bicyclic) bond motifs is 7. The van der Waals surface area contributed by atoms with Gasteiger partial charge in [-0.15, -0.1) is 0 Å². The highest BCUT2D eigenvalue weighted by molar-refractivity contribution is 5.74. The molecule has 1 aliphatic heterocycles.